The quantitative estimate of drug-likeness (QED) is 0.549. The Morgan fingerprint density at radius 2 is 1.91 bits per heavy atom. The number of rotatable bonds is 7. The van der Waals surface area contributed by atoms with Crippen LogP contribution in [0.4, 0.5) is 5.69 Å². The van der Waals surface area contributed by atoms with Crippen LogP contribution in [0.3, 0.4) is 0 Å². The van der Waals surface area contributed by atoms with Crippen molar-refractivity contribution in [3.05, 3.63) is 15.8 Å². The van der Waals surface area contributed by atoms with Crippen molar-refractivity contribution >= 4 is 34.8 Å². The van der Waals surface area contributed by atoms with Gasteiger partial charge in [-0.1, -0.05) is 18.8 Å². The van der Waals surface area contributed by atoms with Gasteiger partial charge in [-0.3, -0.25) is 14.5 Å². The Morgan fingerprint density at radius 1 is 1.23 bits per heavy atom. The van der Waals surface area contributed by atoms with E-state index in [1.807, 2.05) is 20.8 Å². The summed E-state index contributed by atoms with van der Waals surface area (Å²) >= 11 is 1.07. The molecule has 1 aromatic rings. The Morgan fingerprint density at radius 3 is 2.51 bits per heavy atom. The molecule has 2 fully saturated rings. The summed E-state index contributed by atoms with van der Waals surface area (Å²) in [4.78, 5) is 43.7. The first-order chi connectivity index (χ1) is 16.5. The molecular formula is C27H38N2O5S. The summed E-state index contributed by atoms with van der Waals surface area (Å²) in [6.07, 6.45) is 4.69. The van der Waals surface area contributed by atoms with E-state index in [0.29, 0.717) is 42.6 Å². The monoisotopic (exact) mass is 502 g/mol. The minimum atomic E-state index is -1.11. The number of hydrogen-bond donors (Lipinski definition) is 1. The minimum absolute atomic E-state index is 0.0579. The largest absolute Gasteiger partial charge is 0.477 e. The first-order valence-electron chi connectivity index (χ1n) is 12.5. The normalized spacial score (nSPS) is 22.9. The molecule has 1 unspecified atom stereocenters. The summed E-state index contributed by atoms with van der Waals surface area (Å²) in [6, 6.07) is 0.973. The second kappa shape index (κ2) is 11.6. The molecule has 0 radical (unpaired) electrons. The third kappa shape index (κ3) is 6.86. The summed E-state index contributed by atoms with van der Waals surface area (Å²) in [5, 5.41) is 10.0. The molecule has 2 amide bonds. The van der Waals surface area contributed by atoms with Crippen molar-refractivity contribution in [2.24, 2.45) is 17.3 Å². The number of nitrogens with zero attached hydrogens (tertiary/aromatic N) is 2. The van der Waals surface area contributed by atoms with Gasteiger partial charge in [0.1, 0.15) is 10.9 Å². The van der Waals surface area contributed by atoms with Crippen LogP contribution >= 0.6 is 11.3 Å². The van der Waals surface area contributed by atoms with Crippen LogP contribution in [0.15, 0.2) is 6.07 Å². The number of aromatic carboxylic acids is 1. The Kier molecular flexibility index (Phi) is 9.00. The topological polar surface area (TPSA) is 87.2 Å². The third-order valence-corrected chi connectivity index (χ3v) is 7.74. The lowest BCUT2D eigenvalue weighted by Crippen LogP contribution is -2.56. The van der Waals surface area contributed by atoms with E-state index >= 15 is 0 Å². The molecule has 1 aliphatic heterocycles. The summed E-state index contributed by atoms with van der Waals surface area (Å²) in [5.41, 5.74) is 0.0551. The lowest BCUT2D eigenvalue weighted by atomic mass is 9.82. The van der Waals surface area contributed by atoms with Crippen LogP contribution in [0.25, 0.3) is 0 Å². The maximum absolute atomic E-state index is 14.0. The van der Waals surface area contributed by atoms with E-state index < -0.39 is 12.0 Å². The van der Waals surface area contributed by atoms with Gasteiger partial charge in [0.25, 0.3) is 0 Å². The minimum Gasteiger partial charge on any atom is -0.477 e. The molecule has 0 aromatic carbocycles. The number of hydrogen-bond acceptors (Lipinski definition) is 5. The van der Waals surface area contributed by atoms with Crippen LogP contribution in [0, 0.1) is 29.1 Å². The number of methoxy groups -OCH3 is 1. The number of thiophene rings is 1. The predicted octanol–water partition coefficient (Wildman–Crippen LogP) is 4.64. The number of ether oxygens (including phenoxy) is 1. The molecular weight excluding hydrogens is 464 g/mol. The van der Waals surface area contributed by atoms with Crippen molar-refractivity contribution in [1.82, 2.24) is 4.90 Å². The maximum Gasteiger partial charge on any atom is 0.348 e. The molecule has 0 spiro atoms. The molecule has 3 rings (SSSR count). The zero-order chi connectivity index (χ0) is 25.8. The number of anilines is 1. The molecule has 2 aliphatic rings. The van der Waals surface area contributed by atoms with Crippen LogP contribution in [0.5, 0.6) is 0 Å². The van der Waals surface area contributed by atoms with Gasteiger partial charge in [-0.05, 0) is 71.3 Å². The van der Waals surface area contributed by atoms with E-state index in [-0.39, 0.29) is 28.0 Å². The number of carbonyl (C=O) groups excluding carboxylic acids is 2. The first kappa shape index (κ1) is 27.2. The number of carboxylic acid groups (broad SMARTS) is 1. The molecule has 35 heavy (non-hydrogen) atoms. The van der Waals surface area contributed by atoms with Crippen LogP contribution < -0.4 is 4.90 Å². The van der Waals surface area contributed by atoms with Gasteiger partial charge in [0.15, 0.2) is 0 Å². The molecule has 1 aromatic heterocycles. The smallest absolute Gasteiger partial charge is 0.348 e. The maximum atomic E-state index is 14.0. The highest BCUT2D eigenvalue weighted by atomic mass is 32.1. The van der Waals surface area contributed by atoms with Crippen molar-refractivity contribution in [2.45, 2.75) is 72.3 Å². The van der Waals surface area contributed by atoms with Crippen LogP contribution in [-0.2, 0) is 14.3 Å². The van der Waals surface area contributed by atoms with E-state index in [2.05, 4.69) is 18.8 Å². The van der Waals surface area contributed by atoms with Gasteiger partial charge < -0.3 is 14.7 Å². The Hall–Kier alpha value is -2.37. The number of amides is 2. The number of carboxylic acids is 1. The molecule has 1 saturated carbocycles. The van der Waals surface area contributed by atoms with Crippen molar-refractivity contribution < 1.29 is 24.2 Å². The SMILES string of the molecule is COCCN1CCCC(N(C(=O)C2CCC(C)CC2)c2cc(C#CC(C)(C)C)sc2C(=O)O)C1=O. The van der Waals surface area contributed by atoms with E-state index in [0.717, 1.165) is 43.4 Å². The van der Waals surface area contributed by atoms with Crippen LogP contribution in [0.2, 0.25) is 0 Å². The van der Waals surface area contributed by atoms with Crippen molar-refractivity contribution in [3.63, 3.8) is 0 Å². The van der Waals surface area contributed by atoms with E-state index in [4.69, 9.17) is 4.74 Å². The van der Waals surface area contributed by atoms with Crippen molar-refractivity contribution in [3.8, 4) is 11.8 Å². The molecule has 8 heteroatoms. The van der Waals surface area contributed by atoms with Gasteiger partial charge in [0.2, 0.25) is 11.8 Å². The molecule has 1 aliphatic carbocycles. The Bertz CT molecular complexity index is 991. The summed E-state index contributed by atoms with van der Waals surface area (Å²) in [6.45, 7) is 9.63. The van der Waals surface area contributed by atoms with Gasteiger partial charge in [-0.15, -0.1) is 11.3 Å². The first-order valence-corrected chi connectivity index (χ1v) is 13.3. The van der Waals surface area contributed by atoms with Gasteiger partial charge in [-0.25, -0.2) is 4.79 Å². The third-order valence-electron chi connectivity index (χ3n) is 6.71. The Labute approximate surface area is 212 Å². The lowest BCUT2D eigenvalue weighted by Gasteiger charge is -2.40. The van der Waals surface area contributed by atoms with Gasteiger partial charge in [-0.2, -0.15) is 0 Å². The molecule has 7 nitrogen and oxygen atoms in total. The zero-order valence-electron chi connectivity index (χ0n) is 21.6. The molecule has 1 atom stereocenters. The standard InChI is InChI=1S/C27H38N2O5S/c1-18-8-10-19(11-9-18)24(30)29(21-7-6-14-28(25(21)31)15-16-34-5)22-17-20(12-13-27(2,3)4)35-23(22)26(32)33/h17-19,21H,6-11,14-16H2,1-5H3,(H,32,33). The van der Waals surface area contributed by atoms with E-state index in [1.165, 1.54) is 4.90 Å². The fraction of sp³-hybridized carbons (Fsp3) is 0.667. The zero-order valence-corrected chi connectivity index (χ0v) is 22.4. The summed E-state index contributed by atoms with van der Waals surface area (Å²) < 4.78 is 5.17. The lowest BCUT2D eigenvalue weighted by molar-refractivity contribution is -0.138. The van der Waals surface area contributed by atoms with Crippen LogP contribution in [0.1, 0.15) is 80.8 Å². The van der Waals surface area contributed by atoms with Crippen molar-refractivity contribution in [1.29, 1.82) is 0 Å². The van der Waals surface area contributed by atoms with E-state index in [9.17, 15) is 19.5 Å². The number of carbonyl (C=O) groups is 3. The fourth-order valence-electron chi connectivity index (χ4n) is 4.75. The predicted molar refractivity (Wildman–Crippen MR) is 138 cm³/mol. The van der Waals surface area contributed by atoms with Gasteiger partial charge in [0.05, 0.1) is 17.2 Å². The highest BCUT2D eigenvalue weighted by Crippen LogP contribution is 2.38. The average Bonchev–Trinajstić information content (AvgIpc) is 3.22. The van der Waals surface area contributed by atoms with Crippen molar-refractivity contribution in [2.75, 3.05) is 31.7 Å². The highest BCUT2D eigenvalue weighted by molar-refractivity contribution is 7.15. The molecule has 2 heterocycles. The van der Waals surface area contributed by atoms with Gasteiger partial charge in [0, 0.05) is 31.5 Å². The highest BCUT2D eigenvalue weighted by Gasteiger charge is 2.41. The summed E-state index contributed by atoms with van der Waals surface area (Å²) in [5.74, 6) is 5.21. The fourth-order valence-corrected chi connectivity index (χ4v) is 5.59. The molecule has 192 valence electrons. The van der Waals surface area contributed by atoms with E-state index in [1.54, 1.807) is 18.1 Å². The molecule has 1 saturated heterocycles. The van der Waals surface area contributed by atoms with Crippen LogP contribution in [-0.4, -0.2) is 60.6 Å². The second-order valence-corrected chi connectivity index (χ2v) is 11.8. The number of likely N-dealkylation sites (tertiary alicyclic amines) is 1. The van der Waals surface area contributed by atoms with Gasteiger partial charge >= 0.3 is 5.97 Å². The Balaban J connectivity index is 2.05. The summed E-state index contributed by atoms with van der Waals surface area (Å²) in [7, 11) is 1.59. The average molecular weight is 503 g/mol. The molecule has 0 bridgehead atoms. The second-order valence-electron chi connectivity index (χ2n) is 10.8. The number of piperidine rings is 1. The molecule has 1 N–H and O–H groups in total.